The zero-order chi connectivity index (χ0) is 25.0. The average molecular weight is 484 g/mol. The van der Waals surface area contributed by atoms with E-state index < -0.39 is 11.7 Å². The quantitative estimate of drug-likeness (QED) is 0.212. The molecule has 34 heavy (non-hydrogen) atoms. The smallest absolute Gasteiger partial charge is 0.385 e. The van der Waals surface area contributed by atoms with Crippen molar-refractivity contribution in [1.82, 2.24) is 15.5 Å². The van der Waals surface area contributed by atoms with Crippen LogP contribution in [0.3, 0.4) is 0 Å². The number of carbonyl (C=O) groups excluding carboxylic acids is 1. The van der Waals surface area contributed by atoms with Gasteiger partial charge < -0.3 is 20.3 Å². The summed E-state index contributed by atoms with van der Waals surface area (Å²) < 4.78 is 47.1. The van der Waals surface area contributed by atoms with Gasteiger partial charge in [-0.25, -0.2) is 4.99 Å². The summed E-state index contributed by atoms with van der Waals surface area (Å²) in [5.74, 6) is 0.363. The van der Waals surface area contributed by atoms with Crippen LogP contribution in [0.5, 0.6) is 0 Å². The van der Waals surface area contributed by atoms with Gasteiger partial charge in [-0.3, -0.25) is 9.79 Å². The summed E-state index contributed by atoms with van der Waals surface area (Å²) in [6.45, 7) is 8.27. The van der Waals surface area contributed by atoms with Crippen molar-refractivity contribution in [2.45, 2.75) is 59.1 Å². The van der Waals surface area contributed by atoms with Crippen molar-refractivity contribution in [1.29, 1.82) is 0 Å². The first-order valence-corrected chi connectivity index (χ1v) is 11.8. The van der Waals surface area contributed by atoms with Crippen molar-refractivity contribution < 1.29 is 22.7 Å². The molecule has 0 unspecified atom stereocenters. The summed E-state index contributed by atoms with van der Waals surface area (Å²) in [5, 5.41) is 5.96. The van der Waals surface area contributed by atoms with Crippen LogP contribution in [0.4, 0.5) is 13.2 Å². The van der Waals surface area contributed by atoms with Crippen LogP contribution < -0.4 is 10.6 Å². The number of hydrogen-bond donors (Lipinski definition) is 2. The van der Waals surface area contributed by atoms with Gasteiger partial charge in [0.15, 0.2) is 0 Å². The number of amidine groups is 1. The minimum absolute atomic E-state index is 0.00560. The minimum atomic E-state index is -4.57. The highest BCUT2D eigenvalue weighted by Crippen LogP contribution is 2.30. The largest absolute Gasteiger partial charge is 0.419 e. The molecule has 1 amide bonds. The molecule has 0 saturated carbocycles. The third-order valence-corrected chi connectivity index (χ3v) is 5.39. The average Bonchev–Trinajstić information content (AvgIpc) is 2.99. The Morgan fingerprint density at radius 3 is 2.85 bits per heavy atom. The van der Waals surface area contributed by atoms with E-state index in [2.05, 4.69) is 20.6 Å². The molecule has 1 fully saturated rings. The number of unbranched alkanes of at least 4 members (excludes halogenated alkanes) is 1. The highest BCUT2D eigenvalue weighted by Gasteiger charge is 2.36. The molecule has 190 valence electrons. The van der Waals surface area contributed by atoms with Crippen molar-refractivity contribution in [3.8, 4) is 0 Å². The molecule has 0 spiro atoms. The number of ether oxygens (including phenoxy) is 1. The predicted molar refractivity (Wildman–Crippen MR) is 129 cm³/mol. The van der Waals surface area contributed by atoms with Crippen molar-refractivity contribution in [3.63, 3.8) is 0 Å². The zero-order valence-electron chi connectivity index (χ0n) is 20.3. The molecule has 10 heteroatoms. The van der Waals surface area contributed by atoms with Gasteiger partial charge in [0, 0.05) is 38.1 Å². The summed E-state index contributed by atoms with van der Waals surface area (Å²) in [6.07, 6.45) is 2.67. The Hall–Kier alpha value is -2.62. The number of carbonyl (C=O) groups is 1. The number of alkyl halides is 3. The number of nitrogens with one attached hydrogen (secondary N) is 2. The van der Waals surface area contributed by atoms with Crippen molar-refractivity contribution >= 4 is 17.5 Å². The molecule has 0 aromatic carbocycles. The standard InChI is InChI=1S/C24H36F3N5O2/c1-4-5-8-22(29-12-7-13-32-14-16-34-15-10-23(32)33)20(24(25,26)27)17-30-19(3)31-21-9-6-11-28-18(21)2/h8-9,17,29H,4-7,10-16H2,1-3H3,(H,30,31)/b20-17+,22-8-. The number of allylic oxidation sites excluding steroid dienone is 3. The molecule has 2 heterocycles. The first kappa shape index (κ1) is 27.6. The van der Waals surface area contributed by atoms with Crippen molar-refractivity contribution in [2.24, 2.45) is 9.98 Å². The van der Waals surface area contributed by atoms with E-state index in [0.717, 1.165) is 30.5 Å². The second-order valence-electron chi connectivity index (χ2n) is 8.18. The monoisotopic (exact) mass is 483 g/mol. The van der Waals surface area contributed by atoms with Gasteiger partial charge in [-0.05, 0) is 33.1 Å². The zero-order valence-corrected chi connectivity index (χ0v) is 20.3. The third kappa shape index (κ3) is 9.32. The minimum Gasteiger partial charge on any atom is -0.385 e. The number of dihydropyridines is 1. The Morgan fingerprint density at radius 2 is 2.15 bits per heavy atom. The Labute approximate surface area is 199 Å². The Bertz CT molecular complexity index is 844. The lowest BCUT2D eigenvalue weighted by atomic mass is 10.1. The van der Waals surface area contributed by atoms with Crippen LogP contribution in [-0.4, -0.2) is 67.9 Å². The van der Waals surface area contributed by atoms with Gasteiger partial charge in [0.05, 0.1) is 36.6 Å². The van der Waals surface area contributed by atoms with Gasteiger partial charge >= 0.3 is 6.18 Å². The van der Waals surface area contributed by atoms with Crippen LogP contribution in [0.15, 0.2) is 45.3 Å². The molecular weight excluding hydrogens is 447 g/mol. The lowest BCUT2D eigenvalue weighted by Gasteiger charge is -2.21. The second kappa shape index (κ2) is 13.9. The van der Waals surface area contributed by atoms with Crippen LogP contribution in [0.1, 0.15) is 52.9 Å². The van der Waals surface area contributed by atoms with Gasteiger partial charge in [-0.15, -0.1) is 0 Å². The molecular formula is C24H36F3N5O2. The van der Waals surface area contributed by atoms with Crippen LogP contribution in [-0.2, 0) is 9.53 Å². The Morgan fingerprint density at radius 1 is 1.35 bits per heavy atom. The summed E-state index contributed by atoms with van der Waals surface area (Å²) in [5.41, 5.74) is 0.749. The first-order chi connectivity index (χ1) is 16.2. The molecule has 7 nitrogen and oxygen atoms in total. The number of amides is 1. The molecule has 2 N–H and O–H groups in total. The maximum Gasteiger partial charge on any atom is 0.419 e. The van der Waals surface area contributed by atoms with Gasteiger partial charge in [0.1, 0.15) is 5.84 Å². The highest BCUT2D eigenvalue weighted by atomic mass is 19.4. The maximum atomic E-state index is 13.9. The second-order valence-corrected chi connectivity index (χ2v) is 8.18. The van der Waals surface area contributed by atoms with E-state index in [9.17, 15) is 18.0 Å². The van der Waals surface area contributed by atoms with E-state index in [1.165, 1.54) is 0 Å². The maximum absolute atomic E-state index is 13.9. The number of rotatable bonds is 10. The lowest BCUT2D eigenvalue weighted by Crippen LogP contribution is -2.34. The Balaban J connectivity index is 2.08. The molecule has 0 aliphatic carbocycles. The van der Waals surface area contributed by atoms with E-state index in [1.54, 1.807) is 17.9 Å². The number of halogens is 3. The van der Waals surface area contributed by atoms with Crippen LogP contribution in [0.2, 0.25) is 0 Å². The van der Waals surface area contributed by atoms with Gasteiger partial charge in [-0.2, -0.15) is 13.2 Å². The number of nitrogens with zero attached hydrogens (tertiary/aromatic N) is 3. The molecule has 0 aromatic heterocycles. The van der Waals surface area contributed by atoms with Gasteiger partial charge in [0.25, 0.3) is 0 Å². The molecule has 2 rings (SSSR count). The van der Waals surface area contributed by atoms with E-state index in [1.807, 2.05) is 19.9 Å². The summed E-state index contributed by atoms with van der Waals surface area (Å²) in [7, 11) is 0. The highest BCUT2D eigenvalue weighted by molar-refractivity contribution is 6.02. The fourth-order valence-corrected chi connectivity index (χ4v) is 3.51. The normalized spacial score (nSPS) is 18.9. The molecule has 2 aliphatic heterocycles. The van der Waals surface area contributed by atoms with E-state index in [0.29, 0.717) is 64.5 Å². The lowest BCUT2D eigenvalue weighted by molar-refractivity contribution is -0.130. The van der Waals surface area contributed by atoms with E-state index in [4.69, 9.17) is 4.74 Å². The molecule has 0 atom stereocenters. The van der Waals surface area contributed by atoms with Crippen LogP contribution >= 0.6 is 0 Å². The summed E-state index contributed by atoms with van der Waals surface area (Å²) in [4.78, 5) is 22.1. The molecule has 0 aromatic rings. The van der Waals surface area contributed by atoms with Crippen LogP contribution in [0, 0.1) is 0 Å². The first-order valence-electron chi connectivity index (χ1n) is 11.8. The van der Waals surface area contributed by atoms with E-state index in [-0.39, 0.29) is 11.6 Å². The molecule has 1 saturated heterocycles. The Kier molecular flexibility index (Phi) is 11.3. The predicted octanol–water partition coefficient (Wildman–Crippen LogP) is 4.10. The molecule has 0 radical (unpaired) electrons. The number of aliphatic imine (C=N–C) groups is 2. The fraction of sp³-hybridized carbons (Fsp3) is 0.625. The summed E-state index contributed by atoms with van der Waals surface area (Å²) in [6, 6.07) is 0. The SMILES string of the molecule is CCC/C=C(NCCCN1CCOCCC1=O)/C(=C\N=C(C)NC1=CCCN=C1C)C(F)(F)F. The molecule has 0 bridgehead atoms. The van der Waals surface area contributed by atoms with Gasteiger partial charge in [0.2, 0.25) is 5.91 Å². The molecule has 2 aliphatic rings. The fourth-order valence-electron chi connectivity index (χ4n) is 3.51. The number of hydrogen-bond acceptors (Lipinski definition) is 5. The van der Waals surface area contributed by atoms with Gasteiger partial charge in [-0.1, -0.05) is 25.5 Å². The summed E-state index contributed by atoms with van der Waals surface area (Å²) >= 11 is 0. The van der Waals surface area contributed by atoms with E-state index >= 15 is 0 Å². The van der Waals surface area contributed by atoms with Crippen LogP contribution in [0.25, 0.3) is 0 Å². The van der Waals surface area contributed by atoms with Crippen molar-refractivity contribution in [3.05, 3.63) is 35.3 Å². The van der Waals surface area contributed by atoms with Crippen molar-refractivity contribution in [2.75, 3.05) is 39.4 Å². The third-order valence-electron chi connectivity index (χ3n) is 5.39. The topological polar surface area (TPSA) is 78.3 Å².